The SMILES string of the molecule is Cc1noc([C@H]2C[C@@H](O)CN2C(=O)c2cc(Cl)sc2Cl)n1. The van der Waals surface area contributed by atoms with E-state index >= 15 is 0 Å². The summed E-state index contributed by atoms with van der Waals surface area (Å²) < 4.78 is 5.89. The molecule has 1 N–H and O–H groups in total. The molecule has 2 aromatic rings. The topological polar surface area (TPSA) is 79.5 Å². The quantitative estimate of drug-likeness (QED) is 0.903. The van der Waals surface area contributed by atoms with Crippen molar-refractivity contribution in [3.05, 3.63) is 32.0 Å². The Kier molecular flexibility index (Phi) is 3.92. The van der Waals surface area contributed by atoms with Crippen LogP contribution in [0.1, 0.15) is 34.5 Å². The summed E-state index contributed by atoms with van der Waals surface area (Å²) in [5.41, 5.74) is 0.321. The Morgan fingerprint density at radius 2 is 2.33 bits per heavy atom. The number of aromatic nitrogens is 2. The van der Waals surface area contributed by atoms with Crippen LogP contribution in [0.25, 0.3) is 0 Å². The number of aliphatic hydroxyl groups excluding tert-OH is 1. The highest BCUT2D eigenvalue weighted by Gasteiger charge is 2.39. The van der Waals surface area contributed by atoms with Crippen LogP contribution in [0.3, 0.4) is 0 Å². The van der Waals surface area contributed by atoms with E-state index in [1.54, 1.807) is 6.92 Å². The van der Waals surface area contributed by atoms with Gasteiger partial charge in [-0.2, -0.15) is 4.98 Å². The molecule has 0 radical (unpaired) electrons. The number of carbonyl (C=O) groups excluding carboxylic acids is 1. The Morgan fingerprint density at radius 3 is 2.90 bits per heavy atom. The molecule has 1 aliphatic rings. The number of likely N-dealkylation sites (tertiary alicyclic amines) is 1. The molecule has 6 nitrogen and oxygen atoms in total. The Hall–Kier alpha value is -1.15. The molecule has 0 unspecified atom stereocenters. The molecule has 0 spiro atoms. The third-order valence-corrected chi connectivity index (χ3v) is 4.74. The molecule has 1 saturated heterocycles. The van der Waals surface area contributed by atoms with E-state index in [1.807, 2.05) is 0 Å². The zero-order valence-corrected chi connectivity index (χ0v) is 13.2. The Labute approximate surface area is 134 Å². The molecule has 112 valence electrons. The van der Waals surface area contributed by atoms with E-state index in [2.05, 4.69) is 10.1 Å². The zero-order chi connectivity index (χ0) is 15.1. The van der Waals surface area contributed by atoms with Crippen molar-refractivity contribution in [1.82, 2.24) is 15.0 Å². The highest BCUT2D eigenvalue weighted by atomic mass is 35.5. The molecule has 0 bridgehead atoms. The van der Waals surface area contributed by atoms with E-state index in [0.29, 0.717) is 32.4 Å². The fraction of sp³-hybridized carbons (Fsp3) is 0.417. The second-order valence-corrected chi connectivity index (χ2v) is 7.07. The summed E-state index contributed by atoms with van der Waals surface area (Å²) in [5.74, 6) is 0.491. The minimum absolute atomic E-state index is 0.189. The van der Waals surface area contributed by atoms with Gasteiger partial charge in [0, 0.05) is 13.0 Å². The van der Waals surface area contributed by atoms with Gasteiger partial charge in [0.2, 0.25) is 5.89 Å². The maximum atomic E-state index is 12.6. The van der Waals surface area contributed by atoms with Crippen molar-refractivity contribution in [2.24, 2.45) is 0 Å². The number of hydrogen-bond acceptors (Lipinski definition) is 6. The number of amides is 1. The van der Waals surface area contributed by atoms with E-state index < -0.39 is 12.1 Å². The predicted molar refractivity (Wildman–Crippen MR) is 77.8 cm³/mol. The standard InChI is InChI=1S/C12H11Cl2N3O3S/c1-5-15-11(20-16-5)8-2-6(18)4-17(8)12(19)7-3-9(13)21-10(7)14/h3,6,8,18H,2,4H2,1H3/t6-,8-/m1/s1. The smallest absolute Gasteiger partial charge is 0.257 e. The highest BCUT2D eigenvalue weighted by molar-refractivity contribution is 7.20. The molecule has 1 aliphatic heterocycles. The molecule has 2 aromatic heterocycles. The second-order valence-electron chi connectivity index (χ2n) is 4.78. The third kappa shape index (κ3) is 2.78. The van der Waals surface area contributed by atoms with Gasteiger partial charge in [-0.05, 0) is 13.0 Å². The Morgan fingerprint density at radius 1 is 1.57 bits per heavy atom. The maximum absolute atomic E-state index is 12.6. The molecule has 1 amide bonds. The lowest BCUT2D eigenvalue weighted by Crippen LogP contribution is -2.31. The summed E-state index contributed by atoms with van der Waals surface area (Å²) in [6.07, 6.45) is -0.290. The molecule has 21 heavy (non-hydrogen) atoms. The van der Waals surface area contributed by atoms with Crippen molar-refractivity contribution in [3.63, 3.8) is 0 Å². The Bertz CT molecular complexity index is 687. The number of hydrogen-bond donors (Lipinski definition) is 1. The minimum Gasteiger partial charge on any atom is -0.391 e. The molecule has 0 aromatic carbocycles. The number of carbonyl (C=O) groups is 1. The summed E-state index contributed by atoms with van der Waals surface area (Å²) in [4.78, 5) is 18.2. The van der Waals surface area contributed by atoms with Gasteiger partial charge in [-0.25, -0.2) is 0 Å². The minimum atomic E-state index is -0.640. The highest BCUT2D eigenvalue weighted by Crippen LogP contribution is 2.37. The summed E-state index contributed by atoms with van der Waals surface area (Å²) >= 11 is 13.0. The number of aliphatic hydroxyl groups is 1. The molecule has 0 saturated carbocycles. The first-order chi connectivity index (χ1) is 9.95. The van der Waals surface area contributed by atoms with Gasteiger partial charge in [0.15, 0.2) is 5.82 Å². The van der Waals surface area contributed by atoms with E-state index in [-0.39, 0.29) is 12.5 Å². The fourth-order valence-corrected chi connectivity index (χ4v) is 3.81. The normalized spacial score (nSPS) is 22.0. The lowest BCUT2D eigenvalue weighted by molar-refractivity contribution is 0.0694. The predicted octanol–water partition coefficient (Wildman–Crippen LogP) is 2.69. The number of aryl methyl sites for hydroxylation is 1. The van der Waals surface area contributed by atoms with Crippen molar-refractivity contribution >= 4 is 40.4 Å². The first-order valence-corrected chi connectivity index (χ1v) is 7.77. The monoisotopic (exact) mass is 347 g/mol. The number of nitrogens with zero attached hydrogens (tertiary/aromatic N) is 3. The molecule has 3 heterocycles. The van der Waals surface area contributed by atoms with Crippen LogP contribution in [0.2, 0.25) is 8.67 Å². The van der Waals surface area contributed by atoms with Gasteiger partial charge >= 0.3 is 0 Å². The Balaban J connectivity index is 1.92. The van der Waals surface area contributed by atoms with Crippen LogP contribution in [-0.4, -0.2) is 38.7 Å². The number of β-amino-alcohol motifs (C(OH)–C–C–N with tert-alkyl or cyclic N) is 1. The largest absolute Gasteiger partial charge is 0.391 e. The number of halogens is 2. The maximum Gasteiger partial charge on any atom is 0.257 e. The number of thiophene rings is 1. The van der Waals surface area contributed by atoms with Gasteiger partial charge < -0.3 is 14.5 Å². The fourth-order valence-electron chi connectivity index (χ4n) is 2.36. The molecule has 0 aliphatic carbocycles. The molecular weight excluding hydrogens is 337 g/mol. The van der Waals surface area contributed by atoms with Crippen LogP contribution in [0.5, 0.6) is 0 Å². The van der Waals surface area contributed by atoms with Gasteiger partial charge in [-0.15, -0.1) is 11.3 Å². The molecule has 3 rings (SSSR count). The van der Waals surface area contributed by atoms with Crippen LogP contribution >= 0.6 is 34.5 Å². The summed E-state index contributed by atoms with van der Waals surface area (Å²) in [6.45, 7) is 1.88. The first-order valence-electron chi connectivity index (χ1n) is 6.19. The summed E-state index contributed by atoms with van der Waals surface area (Å²) in [7, 11) is 0. The van der Waals surface area contributed by atoms with Crippen molar-refractivity contribution in [1.29, 1.82) is 0 Å². The second kappa shape index (κ2) is 5.57. The van der Waals surface area contributed by atoms with Gasteiger partial charge in [0.05, 0.1) is 16.0 Å². The van der Waals surface area contributed by atoms with Crippen LogP contribution in [0.15, 0.2) is 10.6 Å². The van der Waals surface area contributed by atoms with E-state index in [4.69, 9.17) is 27.7 Å². The number of rotatable bonds is 2. The zero-order valence-electron chi connectivity index (χ0n) is 10.9. The molecule has 1 fully saturated rings. The average Bonchev–Trinajstić information content (AvgIpc) is 3.08. The van der Waals surface area contributed by atoms with Gasteiger partial charge in [0.1, 0.15) is 10.4 Å². The average molecular weight is 348 g/mol. The van der Waals surface area contributed by atoms with Crippen LogP contribution in [0, 0.1) is 6.92 Å². The van der Waals surface area contributed by atoms with E-state index in [0.717, 1.165) is 11.3 Å². The van der Waals surface area contributed by atoms with Crippen LogP contribution in [-0.2, 0) is 0 Å². The van der Waals surface area contributed by atoms with Crippen molar-refractivity contribution in [2.45, 2.75) is 25.5 Å². The lowest BCUT2D eigenvalue weighted by atomic mass is 10.2. The van der Waals surface area contributed by atoms with E-state index in [9.17, 15) is 9.90 Å². The molecular formula is C12H11Cl2N3O3S. The van der Waals surface area contributed by atoms with Gasteiger partial charge in [-0.1, -0.05) is 28.4 Å². The van der Waals surface area contributed by atoms with Gasteiger partial charge in [0.25, 0.3) is 5.91 Å². The molecule has 9 heteroatoms. The molecule has 2 atom stereocenters. The first kappa shape index (κ1) is 14.8. The van der Waals surface area contributed by atoms with E-state index in [1.165, 1.54) is 11.0 Å². The summed E-state index contributed by atoms with van der Waals surface area (Å²) in [5, 5.41) is 13.6. The van der Waals surface area contributed by atoms with Crippen LogP contribution < -0.4 is 0 Å². The van der Waals surface area contributed by atoms with Gasteiger partial charge in [-0.3, -0.25) is 4.79 Å². The van der Waals surface area contributed by atoms with Crippen LogP contribution in [0.4, 0.5) is 0 Å². The summed E-state index contributed by atoms with van der Waals surface area (Å²) in [6, 6.07) is 1.07. The van der Waals surface area contributed by atoms with Crippen molar-refractivity contribution < 1.29 is 14.4 Å². The lowest BCUT2D eigenvalue weighted by Gasteiger charge is -2.21. The van der Waals surface area contributed by atoms with Crippen molar-refractivity contribution in [2.75, 3.05) is 6.54 Å². The van der Waals surface area contributed by atoms with Crippen molar-refractivity contribution in [3.8, 4) is 0 Å². The third-order valence-electron chi connectivity index (χ3n) is 3.26.